The molecule has 1 aliphatic rings. The molecule has 4 nitrogen and oxygen atoms in total. The number of carbonyl (C=O) groups excluding carboxylic acids is 1. The van der Waals surface area contributed by atoms with Crippen molar-refractivity contribution in [1.29, 1.82) is 0 Å². The predicted octanol–water partition coefficient (Wildman–Crippen LogP) is 3.21. The fraction of sp³-hybridized carbons (Fsp3) is 0.625. The van der Waals surface area contributed by atoms with E-state index >= 15 is 0 Å². The molecular weight excluding hydrogens is 250 g/mol. The summed E-state index contributed by atoms with van der Waals surface area (Å²) >= 11 is 0. The largest absolute Gasteiger partial charge is 0.382 e. The molecule has 1 saturated carbocycles. The van der Waals surface area contributed by atoms with E-state index in [9.17, 15) is 4.79 Å². The van der Waals surface area contributed by atoms with E-state index in [2.05, 4.69) is 22.5 Å². The van der Waals surface area contributed by atoms with E-state index in [4.69, 9.17) is 0 Å². The molecule has 0 spiro atoms. The first kappa shape index (κ1) is 14.8. The van der Waals surface area contributed by atoms with Crippen molar-refractivity contribution in [3.63, 3.8) is 0 Å². The molecule has 0 aliphatic heterocycles. The van der Waals surface area contributed by atoms with Crippen LogP contribution in [0.25, 0.3) is 0 Å². The van der Waals surface area contributed by atoms with Crippen LogP contribution in [-0.4, -0.2) is 24.0 Å². The smallest absolute Gasteiger partial charge is 0.269 e. The summed E-state index contributed by atoms with van der Waals surface area (Å²) in [4.78, 5) is 15.7. The molecule has 1 fully saturated rings. The van der Waals surface area contributed by atoms with Crippen LogP contribution < -0.4 is 10.6 Å². The van der Waals surface area contributed by atoms with Crippen molar-refractivity contribution >= 4 is 11.6 Å². The lowest BCUT2D eigenvalue weighted by Crippen LogP contribution is -2.30. The molecule has 1 unspecified atom stereocenters. The number of aromatic nitrogens is 1. The Bertz CT molecular complexity index is 441. The van der Waals surface area contributed by atoms with Crippen LogP contribution in [0.4, 0.5) is 5.69 Å². The van der Waals surface area contributed by atoms with Crippen molar-refractivity contribution in [1.82, 2.24) is 10.3 Å². The molecular formula is C16H25N3O. The van der Waals surface area contributed by atoms with E-state index in [0.29, 0.717) is 11.7 Å². The fourth-order valence-corrected chi connectivity index (χ4v) is 3.08. The summed E-state index contributed by atoms with van der Waals surface area (Å²) in [6, 6.07) is 4.28. The van der Waals surface area contributed by atoms with Gasteiger partial charge in [-0.2, -0.15) is 0 Å². The number of carbonyl (C=O) groups is 1. The first-order chi connectivity index (χ1) is 9.74. The van der Waals surface area contributed by atoms with Crippen LogP contribution in [0.1, 0.15) is 55.9 Å². The molecule has 2 rings (SSSR count). The second kappa shape index (κ2) is 7.27. The molecule has 4 heteroatoms. The van der Waals surface area contributed by atoms with Gasteiger partial charge >= 0.3 is 0 Å². The van der Waals surface area contributed by atoms with E-state index < -0.39 is 0 Å². The number of rotatable bonds is 5. The first-order valence-electron chi connectivity index (χ1n) is 7.69. The van der Waals surface area contributed by atoms with E-state index in [0.717, 1.165) is 18.0 Å². The summed E-state index contributed by atoms with van der Waals surface area (Å²) in [5.74, 6) is 0.615. The Morgan fingerprint density at radius 3 is 2.80 bits per heavy atom. The number of nitrogens with one attached hydrogen (secondary N) is 2. The highest BCUT2D eigenvalue weighted by atomic mass is 16.1. The molecule has 20 heavy (non-hydrogen) atoms. The Kier molecular flexibility index (Phi) is 5.39. The third-order valence-electron chi connectivity index (χ3n) is 4.23. The number of hydrogen-bond donors (Lipinski definition) is 2. The van der Waals surface area contributed by atoms with Crippen LogP contribution in [-0.2, 0) is 0 Å². The summed E-state index contributed by atoms with van der Waals surface area (Å²) in [6.45, 7) is 2.23. The minimum absolute atomic E-state index is 0.139. The van der Waals surface area contributed by atoms with Gasteiger partial charge in [0, 0.05) is 25.0 Å². The Morgan fingerprint density at radius 2 is 2.15 bits per heavy atom. The lowest BCUT2D eigenvalue weighted by atomic mass is 9.83. The molecule has 0 bridgehead atoms. The highest BCUT2D eigenvalue weighted by molar-refractivity contribution is 5.92. The maximum atomic E-state index is 11.6. The van der Waals surface area contributed by atoms with Crippen molar-refractivity contribution in [3.8, 4) is 0 Å². The second-order valence-electron chi connectivity index (χ2n) is 5.57. The first-order valence-corrected chi connectivity index (χ1v) is 7.69. The molecule has 1 atom stereocenters. The van der Waals surface area contributed by atoms with Crippen LogP contribution in [0.2, 0.25) is 0 Å². The SMILES string of the molecule is CCC(Nc1ccnc(C(=O)NC)c1)C1CCCCC1. The standard InChI is InChI=1S/C16H25N3O/c1-3-14(12-7-5-4-6-8-12)19-13-9-10-18-15(11-13)16(20)17-2/h9-12,14H,3-8H2,1-2H3,(H,17,20)(H,18,19). The Labute approximate surface area is 121 Å². The highest BCUT2D eigenvalue weighted by Gasteiger charge is 2.22. The maximum absolute atomic E-state index is 11.6. The zero-order valence-corrected chi connectivity index (χ0v) is 12.5. The van der Waals surface area contributed by atoms with E-state index in [-0.39, 0.29) is 5.91 Å². The molecule has 0 aromatic carbocycles. The average Bonchev–Trinajstić information content (AvgIpc) is 2.53. The maximum Gasteiger partial charge on any atom is 0.269 e. The van der Waals surface area contributed by atoms with Gasteiger partial charge < -0.3 is 10.6 Å². The van der Waals surface area contributed by atoms with Crippen molar-refractivity contribution in [3.05, 3.63) is 24.0 Å². The van der Waals surface area contributed by atoms with Crippen LogP contribution in [0, 0.1) is 5.92 Å². The minimum atomic E-state index is -0.139. The molecule has 1 aliphatic carbocycles. The quantitative estimate of drug-likeness (QED) is 0.867. The van der Waals surface area contributed by atoms with Gasteiger partial charge in [0.2, 0.25) is 0 Å². The van der Waals surface area contributed by atoms with Crippen molar-refractivity contribution in [2.75, 3.05) is 12.4 Å². The summed E-state index contributed by atoms with van der Waals surface area (Å²) in [5, 5.41) is 6.21. The van der Waals surface area contributed by atoms with Gasteiger partial charge in [0.1, 0.15) is 5.69 Å². The van der Waals surface area contributed by atoms with Crippen molar-refractivity contribution in [2.24, 2.45) is 5.92 Å². The normalized spacial score (nSPS) is 17.5. The zero-order chi connectivity index (χ0) is 14.4. The van der Waals surface area contributed by atoms with Gasteiger partial charge in [0.05, 0.1) is 0 Å². The second-order valence-corrected chi connectivity index (χ2v) is 5.57. The van der Waals surface area contributed by atoms with Gasteiger partial charge in [-0.3, -0.25) is 9.78 Å². The van der Waals surface area contributed by atoms with Crippen LogP contribution in [0.15, 0.2) is 18.3 Å². The number of pyridine rings is 1. The summed E-state index contributed by atoms with van der Waals surface area (Å²) < 4.78 is 0. The summed E-state index contributed by atoms with van der Waals surface area (Å²) in [6.07, 6.45) is 9.52. The van der Waals surface area contributed by atoms with Gasteiger partial charge in [0.15, 0.2) is 0 Å². The van der Waals surface area contributed by atoms with Gasteiger partial charge in [-0.1, -0.05) is 26.2 Å². The average molecular weight is 275 g/mol. The predicted molar refractivity (Wildman–Crippen MR) is 81.9 cm³/mol. The zero-order valence-electron chi connectivity index (χ0n) is 12.5. The highest BCUT2D eigenvalue weighted by Crippen LogP contribution is 2.29. The van der Waals surface area contributed by atoms with Gasteiger partial charge in [-0.15, -0.1) is 0 Å². The van der Waals surface area contributed by atoms with Gasteiger partial charge in [-0.25, -0.2) is 0 Å². The third-order valence-corrected chi connectivity index (χ3v) is 4.23. The molecule has 110 valence electrons. The summed E-state index contributed by atoms with van der Waals surface area (Å²) in [5.41, 5.74) is 1.46. The Balaban J connectivity index is 2.05. The van der Waals surface area contributed by atoms with Crippen molar-refractivity contribution < 1.29 is 4.79 Å². The number of hydrogen-bond acceptors (Lipinski definition) is 3. The number of anilines is 1. The van der Waals surface area contributed by atoms with Gasteiger partial charge in [0.25, 0.3) is 5.91 Å². The monoisotopic (exact) mass is 275 g/mol. The van der Waals surface area contributed by atoms with E-state index in [1.54, 1.807) is 13.2 Å². The van der Waals surface area contributed by atoms with E-state index in [1.807, 2.05) is 12.1 Å². The van der Waals surface area contributed by atoms with Crippen LogP contribution in [0.5, 0.6) is 0 Å². The fourth-order valence-electron chi connectivity index (χ4n) is 3.08. The minimum Gasteiger partial charge on any atom is -0.382 e. The third kappa shape index (κ3) is 3.71. The molecule has 1 amide bonds. The van der Waals surface area contributed by atoms with E-state index in [1.165, 1.54) is 32.1 Å². The number of nitrogens with zero attached hydrogens (tertiary/aromatic N) is 1. The molecule has 1 aromatic rings. The topological polar surface area (TPSA) is 54.0 Å². The van der Waals surface area contributed by atoms with Crippen molar-refractivity contribution in [2.45, 2.75) is 51.5 Å². The molecule has 2 N–H and O–H groups in total. The molecule has 0 radical (unpaired) electrons. The lowest BCUT2D eigenvalue weighted by molar-refractivity contribution is 0.0958. The molecule has 1 aromatic heterocycles. The van der Waals surface area contributed by atoms with Gasteiger partial charge in [-0.05, 0) is 37.3 Å². The van der Waals surface area contributed by atoms with Crippen LogP contribution in [0.3, 0.4) is 0 Å². The Hall–Kier alpha value is -1.58. The Morgan fingerprint density at radius 1 is 1.40 bits per heavy atom. The molecule has 1 heterocycles. The lowest BCUT2D eigenvalue weighted by Gasteiger charge is -2.31. The number of amides is 1. The summed E-state index contributed by atoms with van der Waals surface area (Å²) in [7, 11) is 1.63. The van der Waals surface area contributed by atoms with Crippen LogP contribution >= 0.6 is 0 Å². The molecule has 0 saturated heterocycles.